The molecule has 0 saturated carbocycles. The molecule has 1 aromatic heterocycles. The van der Waals surface area contributed by atoms with E-state index in [0.29, 0.717) is 23.5 Å². The SMILES string of the molecule is CCCc1csc(C(=O)O)c1N1CCCC1=O. The van der Waals surface area contributed by atoms with Crippen LogP contribution in [0.3, 0.4) is 0 Å². The van der Waals surface area contributed by atoms with E-state index >= 15 is 0 Å². The molecule has 1 saturated heterocycles. The summed E-state index contributed by atoms with van der Waals surface area (Å²) in [6.45, 7) is 2.69. The molecule has 1 N–H and O–H groups in total. The lowest BCUT2D eigenvalue weighted by Gasteiger charge is -2.17. The number of carbonyl (C=O) groups excluding carboxylic acids is 1. The van der Waals surface area contributed by atoms with Crippen LogP contribution in [0, 0.1) is 0 Å². The normalized spacial score (nSPS) is 15.6. The summed E-state index contributed by atoms with van der Waals surface area (Å²) < 4.78 is 0. The summed E-state index contributed by atoms with van der Waals surface area (Å²) in [6.07, 6.45) is 3.12. The number of carboxylic acids is 1. The molecule has 0 radical (unpaired) electrons. The number of carboxylic acid groups (broad SMARTS) is 1. The lowest BCUT2D eigenvalue weighted by atomic mass is 10.1. The zero-order chi connectivity index (χ0) is 12.4. The van der Waals surface area contributed by atoms with E-state index in [4.69, 9.17) is 5.11 Å². The van der Waals surface area contributed by atoms with Crippen molar-refractivity contribution in [2.45, 2.75) is 32.6 Å². The highest BCUT2D eigenvalue weighted by Crippen LogP contribution is 2.35. The monoisotopic (exact) mass is 253 g/mol. The minimum atomic E-state index is -0.938. The molecule has 0 aliphatic carbocycles. The molecule has 0 bridgehead atoms. The number of thiophene rings is 1. The third-order valence-corrected chi connectivity index (χ3v) is 3.90. The van der Waals surface area contributed by atoms with Crippen LogP contribution in [-0.4, -0.2) is 23.5 Å². The average Bonchev–Trinajstić information content (AvgIpc) is 2.84. The number of amides is 1. The molecule has 0 atom stereocenters. The van der Waals surface area contributed by atoms with Gasteiger partial charge in [-0.15, -0.1) is 11.3 Å². The summed E-state index contributed by atoms with van der Waals surface area (Å²) in [4.78, 5) is 24.9. The van der Waals surface area contributed by atoms with Gasteiger partial charge in [0.2, 0.25) is 5.91 Å². The van der Waals surface area contributed by atoms with Gasteiger partial charge in [0.25, 0.3) is 0 Å². The van der Waals surface area contributed by atoms with Crippen LogP contribution in [0.4, 0.5) is 5.69 Å². The Morgan fingerprint density at radius 3 is 2.88 bits per heavy atom. The Balaban J connectivity index is 2.43. The van der Waals surface area contributed by atoms with Gasteiger partial charge in [-0.1, -0.05) is 13.3 Å². The van der Waals surface area contributed by atoms with Gasteiger partial charge in [-0.05, 0) is 23.8 Å². The fourth-order valence-corrected chi connectivity index (χ4v) is 3.11. The Hall–Kier alpha value is -1.36. The Morgan fingerprint density at radius 1 is 1.59 bits per heavy atom. The van der Waals surface area contributed by atoms with Gasteiger partial charge in [0.1, 0.15) is 4.88 Å². The molecule has 0 spiro atoms. The zero-order valence-corrected chi connectivity index (χ0v) is 10.5. The molecule has 17 heavy (non-hydrogen) atoms. The van der Waals surface area contributed by atoms with Gasteiger partial charge in [-0.3, -0.25) is 4.79 Å². The zero-order valence-electron chi connectivity index (χ0n) is 9.73. The minimum absolute atomic E-state index is 0.0447. The number of nitrogens with zero attached hydrogens (tertiary/aromatic N) is 1. The lowest BCUT2D eigenvalue weighted by molar-refractivity contribution is -0.117. The lowest BCUT2D eigenvalue weighted by Crippen LogP contribution is -2.26. The number of anilines is 1. The van der Waals surface area contributed by atoms with Gasteiger partial charge < -0.3 is 10.0 Å². The van der Waals surface area contributed by atoms with Crippen LogP contribution in [0.25, 0.3) is 0 Å². The van der Waals surface area contributed by atoms with Crippen molar-refractivity contribution in [3.63, 3.8) is 0 Å². The Morgan fingerprint density at radius 2 is 2.35 bits per heavy atom. The number of hydrogen-bond donors (Lipinski definition) is 1. The first-order valence-corrected chi connectivity index (χ1v) is 6.67. The highest BCUT2D eigenvalue weighted by molar-refractivity contribution is 7.12. The van der Waals surface area contributed by atoms with E-state index in [-0.39, 0.29) is 5.91 Å². The van der Waals surface area contributed by atoms with E-state index in [0.717, 1.165) is 24.8 Å². The van der Waals surface area contributed by atoms with Crippen LogP contribution in [0.15, 0.2) is 5.38 Å². The molecule has 0 aromatic carbocycles. The second-order valence-corrected chi connectivity index (χ2v) is 5.02. The van der Waals surface area contributed by atoms with Crippen LogP contribution >= 0.6 is 11.3 Å². The van der Waals surface area contributed by atoms with Crippen LogP contribution in [0.5, 0.6) is 0 Å². The van der Waals surface area contributed by atoms with Crippen molar-refractivity contribution in [1.29, 1.82) is 0 Å². The smallest absolute Gasteiger partial charge is 0.348 e. The molecular weight excluding hydrogens is 238 g/mol. The van der Waals surface area contributed by atoms with E-state index in [1.165, 1.54) is 11.3 Å². The number of hydrogen-bond acceptors (Lipinski definition) is 3. The molecule has 1 aliphatic heterocycles. The molecule has 1 fully saturated rings. The summed E-state index contributed by atoms with van der Waals surface area (Å²) in [6, 6.07) is 0. The molecule has 4 nitrogen and oxygen atoms in total. The molecule has 0 unspecified atom stereocenters. The minimum Gasteiger partial charge on any atom is -0.477 e. The van der Waals surface area contributed by atoms with E-state index in [1.807, 2.05) is 12.3 Å². The van der Waals surface area contributed by atoms with E-state index in [9.17, 15) is 9.59 Å². The first-order chi connectivity index (χ1) is 8.15. The number of aromatic carboxylic acids is 1. The van der Waals surface area contributed by atoms with Crippen LogP contribution in [0.1, 0.15) is 41.4 Å². The van der Waals surface area contributed by atoms with Crippen molar-refractivity contribution < 1.29 is 14.7 Å². The van der Waals surface area contributed by atoms with Crippen molar-refractivity contribution in [2.24, 2.45) is 0 Å². The standard InChI is InChI=1S/C12H15NO3S/c1-2-4-8-7-17-11(12(15)16)10(8)13-6-3-5-9(13)14/h7H,2-6H2,1H3,(H,15,16). The van der Waals surface area contributed by atoms with Gasteiger partial charge in [0, 0.05) is 13.0 Å². The fraction of sp³-hybridized carbons (Fsp3) is 0.500. The van der Waals surface area contributed by atoms with Crippen molar-refractivity contribution in [1.82, 2.24) is 0 Å². The summed E-state index contributed by atoms with van der Waals surface area (Å²) in [5.41, 5.74) is 1.64. The van der Waals surface area contributed by atoms with E-state index in [2.05, 4.69) is 0 Å². The second kappa shape index (κ2) is 4.87. The Kier molecular flexibility index (Phi) is 3.47. The van der Waals surface area contributed by atoms with Crippen molar-refractivity contribution in [3.05, 3.63) is 15.8 Å². The molecule has 1 aromatic rings. The summed E-state index contributed by atoms with van der Waals surface area (Å²) >= 11 is 1.22. The Bertz CT molecular complexity index is 453. The topological polar surface area (TPSA) is 57.6 Å². The third kappa shape index (κ3) is 2.20. The Labute approximate surface area is 104 Å². The highest BCUT2D eigenvalue weighted by Gasteiger charge is 2.29. The fourth-order valence-electron chi connectivity index (χ4n) is 2.17. The summed E-state index contributed by atoms with van der Waals surface area (Å²) in [5.74, 6) is -0.893. The summed E-state index contributed by atoms with van der Waals surface area (Å²) in [5, 5.41) is 11.0. The van der Waals surface area contributed by atoms with Gasteiger partial charge in [-0.2, -0.15) is 0 Å². The molecular formula is C12H15NO3S. The average molecular weight is 253 g/mol. The van der Waals surface area contributed by atoms with Gasteiger partial charge in [-0.25, -0.2) is 4.79 Å². The third-order valence-electron chi connectivity index (χ3n) is 2.90. The molecule has 2 rings (SSSR count). The van der Waals surface area contributed by atoms with Gasteiger partial charge >= 0.3 is 5.97 Å². The predicted molar refractivity (Wildman–Crippen MR) is 66.9 cm³/mol. The first kappa shape index (κ1) is 12.1. The second-order valence-electron chi connectivity index (χ2n) is 4.14. The maximum Gasteiger partial charge on any atom is 0.348 e. The quantitative estimate of drug-likeness (QED) is 0.897. The van der Waals surface area contributed by atoms with E-state index < -0.39 is 5.97 Å². The van der Waals surface area contributed by atoms with E-state index in [1.54, 1.807) is 4.90 Å². The molecule has 92 valence electrons. The molecule has 1 aliphatic rings. The maximum absolute atomic E-state index is 11.7. The van der Waals surface area contributed by atoms with Gasteiger partial charge in [0.05, 0.1) is 5.69 Å². The van der Waals surface area contributed by atoms with Crippen LogP contribution in [0.2, 0.25) is 0 Å². The van der Waals surface area contributed by atoms with Gasteiger partial charge in [0.15, 0.2) is 0 Å². The first-order valence-electron chi connectivity index (χ1n) is 5.79. The number of carbonyl (C=O) groups is 2. The maximum atomic E-state index is 11.7. The molecule has 1 amide bonds. The number of rotatable bonds is 4. The van der Waals surface area contributed by atoms with Crippen LogP contribution < -0.4 is 4.90 Å². The van der Waals surface area contributed by atoms with Crippen molar-refractivity contribution in [3.8, 4) is 0 Å². The predicted octanol–water partition coefficient (Wildman–Crippen LogP) is 2.53. The highest BCUT2D eigenvalue weighted by atomic mass is 32.1. The molecule has 2 heterocycles. The molecule has 5 heteroatoms. The summed E-state index contributed by atoms with van der Waals surface area (Å²) in [7, 11) is 0. The largest absolute Gasteiger partial charge is 0.477 e. The number of aryl methyl sites for hydroxylation is 1. The van der Waals surface area contributed by atoms with Crippen LogP contribution in [-0.2, 0) is 11.2 Å². The van der Waals surface area contributed by atoms with Crippen molar-refractivity contribution in [2.75, 3.05) is 11.4 Å². The van der Waals surface area contributed by atoms with Crippen molar-refractivity contribution >= 4 is 28.9 Å².